The van der Waals surface area contributed by atoms with Crippen LogP contribution in [-0.2, 0) is 6.54 Å². The molecule has 0 aromatic heterocycles. The molecule has 0 bridgehead atoms. The predicted octanol–water partition coefficient (Wildman–Crippen LogP) is 2.82. The number of nitrogens with two attached hydrogens (primary N) is 1. The van der Waals surface area contributed by atoms with Gasteiger partial charge in [-0.25, -0.2) is 4.39 Å². The molecule has 1 aromatic carbocycles. The molecular weight excluding hydrogens is 248 g/mol. The van der Waals surface area contributed by atoms with Crippen LogP contribution >= 0.6 is 0 Å². The van der Waals surface area contributed by atoms with Crippen LogP contribution in [0.2, 0.25) is 0 Å². The fraction of sp³-hybridized carbons (Fsp3) is 0.500. The van der Waals surface area contributed by atoms with Gasteiger partial charge in [0.1, 0.15) is 12.4 Å². The number of halogens is 4. The van der Waals surface area contributed by atoms with Crippen LogP contribution in [0.25, 0.3) is 0 Å². The van der Waals surface area contributed by atoms with E-state index in [1.807, 2.05) is 0 Å². The maximum Gasteiger partial charge on any atom is 0.405 e. The van der Waals surface area contributed by atoms with E-state index in [1.165, 1.54) is 23.1 Å². The van der Waals surface area contributed by atoms with Crippen LogP contribution in [0.1, 0.15) is 18.4 Å². The first-order valence-electron chi connectivity index (χ1n) is 5.73. The highest BCUT2D eigenvalue weighted by molar-refractivity contribution is 5.56. The van der Waals surface area contributed by atoms with E-state index < -0.39 is 18.5 Å². The third kappa shape index (κ3) is 2.93. The lowest BCUT2D eigenvalue weighted by molar-refractivity contribution is -0.120. The molecule has 1 aliphatic carbocycles. The summed E-state index contributed by atoms with van der Waals surface area (Å²) >= 11 is 0. The van der Waals surface area contributed by atoms with E-state index in [2.05, 4.69) is 0 Å². The molecule has 1 aromatic rings. The molecule has 0 atom stereocenters. The SMILES string of the molecule is NCc1c(F)cccc1N(CC(F)(F)F)C1CC1. The maximum atomic E-state index is 13.5. The fourth-order valence-corrected chi connectivity index (χ4v) is 2.01. The van der Waals surface area contributed by atoms with Gasteiger partial charge in [0, 0.05) is 23.8 Å². The van der Waals surface area contributed by atoms with Crippen molar-refractivity contribution in [1.29, 1.82) is 0 Å². The zero-order valence-corrected chi connectivity index (χ0v) is 9.67. The largest absolute Gasteiger partial charge is 0.405 e. The zero-order chi connectivity index (χ0) is 13.3. The summed E-state index contributed by atoms with van der Waals surface area (Å²) in [5.74, 6) is -0.553. The van der Waals surface area contributed by atoms with Crippen molar-refractivity contribution in [1.82, 2.24) is 0 Å². The van der Waals surface area contributed by atoms with Gasteiger partial charge < -0.3 is 10.6 Å². The van der Waals surface area contributed by atoms with Gasteiger partial charge in [-0.2, -0.15) is 13.2 Å². The molecule has 2 N–H and O–H groups in total. The quantitative estimate of drug-likeness (QED) is 0.845. The monoisotopic (exact) mass is 262 g/mol. The van der Waals surface area contributed by atoms with E-state index in [-0.39, 0.29) is 23.8 Å². The normalized spacial score (nSPS) is 15.8. The Morgan fingerprint density at radius 2 is 1.94 bits per heavy atom. The Morgan fingerprint density at radius 1 is 1.28 bits per heavy atom. The van der Waals surface area contributed by atoms with Crippen LogP contribution in [0.15, 0.2) is 18.2 Å². The van der Waals surface area contributed by atoms with Crippen LogP contribution in [0.5, 0.6) is 0 Å². The summed E-state index contributed by atoms with van der Waals surface area (Å²) in [5, 5.41) is 0. The zero-order valence-electron chi connectivity index (χ0n) is 9.67. The van der Waals surface area contributed by atoms with Gasteiger partial charge in [-0.3, -0.25) is 0 Å². The molecule has 100 valence electrons. The van der Waals surface area contributed by atoms with Gasteiger partial charge in [-0.15, -0.1) is 0 Å². The van der Waals surface area contributed by atoms with Crippen LogP contribution in [-0.4, -0.2) is 18.8 Å². The predicted molar refractivity (Wildman–Crippen MR) is 60.7 cm³/mol. The summed E-state index contributed by atoms with van der Waals surface area (Å²) in [6.45, 7) is -1.17. The summed E-state index contributed by atoms with van der Waals surface area (Å²) < 4.78 is 51.2. The molecule has 0 radical (unpaired) electrons. The number of hydrogen-bond acceptors (Lipinski definition) is 2. The number of anilines is 1. The Balaban J connectivity index is 2.33. The van der Waals surface area contributed by atoms with Gasteiger partial charge in [0.05, 0.1) is 0 Å². The lowest BCUT2D eigenvalue weighted by Crippen LogP contribution is -2.36. The smallest absolute Gasteiger partial charge is 0.359 e. The first kappa shape index (κ1) is 13.1. The van der Waals surface area contributed by atoms with Crippen LogP contribution in [0.4, 0.5) is 23.2 Å². The second kappa shape index (κ2) is 4.76. The third-order valence-electron chi connectivity index (χ3n) is 2.94. The lowest BCUT2D eigenvalue weighted by Gasteiger charge is -2.28. The molecule has 1 aliphatic rings. The van der Waals surface area contributed by atoms with Gasteiger partial charge in [0.25, 0.3) is 0 Å². The molecular formula is C12H14F4N2. The van der Waals surface area contributed by atoms with Crippen LogP contribution < -0.4 is 10.6 Å². The molecule has 0 spiro atoms. The molecule has 0 unspecified atom stereocenters. The summed E-state index contributed by atoms with van der Waals surface area (Å²) in [6.07, 6.45) is -2.89. The van der Waals surface area contributed by atoms with Crippen molar-refractivity contribution in [2.24, 2.45) is 5.73 Å². The van der Waals surface area contributed by atoms with Gasteiger partial charge >= 0.3 is 6.18 Å². The topological polar surface area (TPSA) is 29.3 Å². The molecule has 1 fully saturated rings. The van der Waals surface area contributed by atoms with E-state index >= 15 is 0 Å². The average molecular weight is 262 g/mol. The van der Waals surface area contributed by atoms with Crippen molar-refractivity contribution in [3.63, 3.8) is 0 Å². The van der Waals surface area contributed by atoms with E-state index in [9.17, 15) is 17.6 Å². The first-order valence-corrected chi connectivity index (χ1v) is 5.73. The fourth-order valence-electron chi connectivity index (χ4n) is 2.01. The van der Waals surface area contributed by atoms with E-state index in [0.717, 1.165) is 0 Å². The summed E-state index contributed by atoms with van der Waals surface area (Å²) in [7, 11) is 0. The highest BCUT2D eigenvalue weighted by atomic mass is 19.4. The molecule has 0 saturated heterocycles. The van der Waals surface area contributed by atoms with Crippen molar-refractivity contribution >= 4 is 5.69 Å². The van der Waals surface area contributed by atoms with E-state index in [0.29, 0.717) is 12.8 Å². The molecule has 1 saturated carbocycles. The average Bonchev–Trinajstić information content (AvgIpc) is 3.08. The van der Waals surface area contributed by atoms with Gasteiger partial charge in [-0.05, 0) is 25.0 Å². The van der Waals surface area contributed by atoms with Crippen molar-refractivity contribution in [2.75, 3.05) is 11.4 Å². The maximum absolute atomic E-state index is 13.5. The minimum Gasteiger partial charge on any atom is -0.359 e. The second-order valence-electron chi connectivity index (χ2n) is 4.42. The number of benzene rings is 1. The number of nitrogens with zero attached hydrogens (tertiary/aromatic N) is 1. The number of rotatable bonds is 4. The Bertz CT molecular complexity index is 427. The molecule has 0 amide bonds. The highest BCUT2D eigenvalue weighted by Gasteiger charge is 2.39. The summed E-state index contributed by atoms with van der Waals surface area (Å²) in [5.41, 5.74) is 5.83. The molecule has 0 heterocycles. The summed E-state index contributed by atoms with van der Waals surface area (Å²) in [4.78, 5) is 1.21. The summed E-state index contributed by atoms with van der Waals surface area (Å²) in [6, 6.07) is 3.97. The van der Waals surface area contributed by atoms with Crippen molar-refractivity contribution in [2.45, 2.75) is 31.6 Å². The molecule has 18 heavy (non-hydrogen) atoms. The van der Waals surface area contributed by atoms with Crippen molar-refractivity contribution < 1.29 is 17.6 Å². The highest BCUT2D eigenvalue weighted by Crippen LogP contribution is 2.36. The van der Waals surface area contributed by atoms with Gasteiger partial charge in [0.2, 0.25) is 0 Å². The van der Waals surface area contributed by atoms with Crippen LogP contribution in [0.3, 0.4) is 0 Å². The first-order chi connectivity index (χ1) is 8.42. The molecule has 0 aliphatic heterocycles. The van der Waals surface area contributed by atoms with Crippen LogP contribution in [0, 0.1) is 5.82 Å². The minimum absolute atomic E-state index is 0.108. The van der Waals surface area contributed by atoms with E-state index in [4.69, 9.17) is 5.73 Å². The lowest BCUT2D eigenvalue weighted by atomic mass is 10.1. The van der Waals surface area contributed by atoms with Crippen molar-refractivity contribution in [3.05, 3.63) is 29.6 Å². The Labute approximate surface area is 102 Å². The molecule has 6 heteroatoms. The Kier molecular flexibility index (Phi) is 3.47. The van der Waals surface area contributed by atoms with E-state index in [1.54, 1.807) is 0 Å². The Hall–Kier alpha value is -1.30. The molecule has 2 rings (SSSR count). The molecule has 2 nitrogen and oxygen atoms in total. The standard InChI is InChI=1S/C12H14F4N2/c13-10-2-1-3-11(9(10)6-17)18(8-4-5-8)7-12(14,15)16/h1-3,8H,4-7,17H2. The Morgan fingerprint density at radius 3 is 2.44 bits per heavy atom. The number of alkyl halides is 3. The van der Waals surface area contributed by atoms with Gasteiger partial charge in [0.15, 0.2) is 0 Å². The van der Waals surface area contributed by atoms with Gasteiger partial charge in [-0.1, -0.05) is 6.07 Å². The second-order valence-corrected chi connectivity index (χ2v) is 4.42. The minimum atomic E-state index is -4.30. The third-order valence-corrected chi connectivity index (χ3v) is 2.94. The number of hydrogen-bond donors (Lipinski definition) is 1. The van der Waals surface area contributed by atoms with Crippen molar-refractivity contribution in [3.8, 4) is 0 Å².